The van der Waals surface area contributed by atoms with Crippen LogP contribution in [0, 0.1) is 0 Å². The zero-order valence-electron chi connectivity index (χ0n) is 12.5. The summed E-state index contributed by atoms with van der Waals surface area (Å²) in [6.07, 6.45) is 2.63. The Morgan fingerprint density at radius 1 is 1.36 bits per heavy atom. The molecule has 122 valence electrons. The molecule has 2 N–H and O–H groups in total. The van der Waals surface area contributed by atoms with Crippen molar-refractivity contribution in [1.82, 2.24) is 10.6 Å². The quantitative estimate of drug-likeness (QED) is 0.329. The number of guanidine groups is 1. The first-order valence-electron chi connectivity index (χ1n) is 6.88. The molecule has 0 radical (unpaired) electrons. The Morgan fingerprint density at radius 2 is 2.14 bits per heavy atom. The molecule has 7 heteroatoms. The van der Waals surface area contributed by atoms with Crippen molar-refractivity contribution in [3.8, 4) is 11.5 Å². The molecule has 0 saturated heterocycles. The van der Waals surface area contributed by atoms with Crippen molar-refractivity contribution in [1.29, 1.82) is 0 Å². The summed E-state index contributed by atoms with van der Waals surface area (Å²) in [7, 11) is 1.72. The van der Waals surface area contributed by atoms with E-state index in [1.54, 1.807) is 13.1 Å². The normalized spacial score (nSPS) is 13.6. The molecular weight excluding hydrogens is 417 g/mol. The Hall–Kier alpha value is -1.15. The van der Waals surface area contributed by atoms with Gasteiger partial charge in [-0.3, -0.25) is 4.99 Å². The summed E-state index contributed by atoms with van der Waals surface area (Å²) in [5, 5.41) is 6.88. The fourth-order valence-electron chi connectivity index (χ4n) is 1.96. The highest BCUT2D eigenvalue weighted by Gasteiger charge is 2.15. The smallest absolute Gasteiger partial charge is 0.191 e. The predicted octanol–water partition coefficient (Wildman–Crippen LogP) is 2.97. The number of hydrogen-bond acceptors (Lipinski definition) is 3. The van der Waals surface area contributed by atoms with Gasteiger partial charge in [-0.15, -0.1) is 30.6 Å². The van der Waals surface area contributed by atoms with Crippen molar-refractivity contribution in [2.24, 2.45) is 4.99 Å². The largest absolute Gasteiger partial charge is 0.489 e. The molecular formula is C15H21ClIN3O2. The summed E-state index contributed by atoms with van der Waals surface area (Å²) in [5.41, 5.74) is 1.01. The molecule has 0 aromatic heterocycles. The van der Waals surface area contributed by atoms with Crippen molar-refractivity contribution in [3.05, 3.63) is 35.4 Å². The average Bonchev–Trinajstić information content (AvgIpc) is 2.73. The number of ether oxygens (including phenoxy) is 2. The zero-order valence-corrected chi connectivity index (χ0v) is 15.6. The average molecular weight is 438 g/mol. The third-order valence-corrected chi connectivity index (χ3v) is 3.24. The lowest BCUT2D eigenvalue weighted by Crippen LogP contribution is -2.36. The number of fused-ring (bicyclic) bond motifs is 1. The summed E-state index contributed by atoms with van der Waals surface area (Å²) in [6.45, 7) is 6.17. The summed E-state index contributed by atoms with van der Waals surface area (Å²) in [6, 6.07) is 3.82. The Labute approximate surface area is 153 Å². The fraction of sp³-hybridized carbons (Fsp3) is 0.400. The fourth-order valence-corrected chi connectivity index (χ4v) is 2.25. The molecule has 1 aromatic carbocycles. The van der Waals surface area contributed by atoms with E-state index < -0.39 is 0 Å². The molecule has 22 heavy (non-hydrogen) atoms. The third-order valence-electron chi connectivity index (χ3n) is 2.96. The summed E-state index contributed by atoms with van der Waals surface area (Å²) in [5.74, 6) is 2.04. The molecule has 0 atom stereocenters. The molecule has 1 heterocycles. The Bertz CT molecular complexity index is 538. The maximum atomic E-state index is 6.26. The van der Waals surface area contributed by atoms with E-state index in [9.17, 15) is 0 Å². The highest BCUT2D eigenvalue weighted by molar-refractivity contribution is 14.0. The van der Waals surface area contributed by atoms with Crippen LogP contribution >= 0.6 is 35.6 Å². The lowest BCUT2D eigenvalue weighted by Gasteiger charge is -2.14. The lowest BCUT2D eigenvalue weighted by atomic mass is 10.2. The molecule has 2 rings (SSSR count). The van der Waals surface area contributed by atoms with Crippen LogP contribution in [-0.4, -0.2) is 32.8 Å². The van der Waals surface area contributed by atoms with Crippen molar-refractivity contribution in [3.63, 3.8) is 0 Å². The van der Waals surface area contributed by atoms with Crippen molar-refractivity contribution in [2.45, 2.75) is 13.0 Å². The minimum atomic E-state index is 0. The van der Waals surface area contributed by atoms with E-state index in [0.717, 1.165) is 12.0 Å². The molecule has 5 nitrogen and oxygen atoms in total. The van der Waals surface area contributed by atoms with Crippen LogP contribution in [0.4, 0.5) is 0 Å². The Morgan fingerprint density at radius 3 is 2.86 bits per heavy atom. The van der Waals surface area contributed by atoms with Crippen LogP contribution in [0.1, 0.15) is 12.0 Å². The predicted molar refractivity (Wildman–Crippen MR) is 101 cm³/mol. The van der Waals surface area contributed by atoms with Gasteiger partial charge in [-0.05, 0) is 17.7 Å². The number of halogens is 2. The molecule has 0 saturated carbocycles. The molecule has 0 bridgehead atoms. The second kappa shape index (κ2) is 9.78. The van der Waals surface area contributed by atoms with Gasteiger partial charge in [0.15, 0.2) is 17.5 Å². The maximum absolute atomic E-state index is 6.26. The summed E-state index contributed by atoms with van der Waals surface area (Å²) >= 11 is 6.26. The molecule has 1 aliphatic rings. The van der Waals surface area contributed by atoms with Gasteiger partial charge in [0.2, 0.25) is 0 Å². The number of hydrogen-bond donors (Lipinski definition) is 2. The first-order chi connectivity index (χ1) is 10.2. The van der Waals surface area contributed by atoms with Gasteiger partial charge in [0, 0.05) is 26.6 Å². The number of benzene rings is 1. The first-order valence-corrected chi connectivity index (χ1v) is 7.26. The number of nitrogens with one attached hydrogen (secondary N) is 2. The van der Waals surface area contributed by atoms with Crippen molar-refractivity contribution in [2.75, 3.05) is 26.8 Å². The molecule has 1 aliphatic heterocycles. The van der Waals surface area contributed by atoms with Crippen LogP contribution in [0.3, 0.4) is 0 Å². The van der Waals surface area contributed by atoms with Crippen LogP contribution in [0.25, 0.3) is 0 Å². The first kappa shape index (κ1) is 18.9. The van der Waals surface area contributed by atoms with Gasteiger partial charge in [0.05, 0.1) is 18.2 Å². The van der Waals surface area contributed by atoms with Gasteiger partial charge < -0.3 is 20.1 Å². The Balaban J connectivity index is 0.00000242. The van der Waals surface area contributed by atoms with Crippen LogP contribution in [0.5, 0.6) is 11.5 Å². The number of nitrogens with zero attached hydrogens (tertiary/aromatic N) is 1. The lowest BCUT2D eigenvalue weighted by molar-refractivity contribution is 0.297. The van der Waals surface area contributed by atoms with Gasteiger partial charge >= 0.3 is 0 Å². The minimum absolute atomic E-state index is 0. The van der Waals surface area contributed by atoms with Gasteiger partial charge in [0.1, 0.15) is 0 Å². The molecule has 0 fully saturated rings. The number of rotatable bonds is 4. The van der Waals surface area contributed by atoms with Gasteiger partial charge in [-0.25, -0.2) is 0 Å². The zero-order chi connectivity index (χ0) is 15.1. The van der Waals surface area contributed by atoms with Crippen LogP contribution in [-0.2, 0) is 6.54 Å². The monoisotopic (exact) mass is 437 g/mol. The molecule has 0 unspecified atom stereocenters. The van der Waals surface area contributed by atoms with E-state index in [1.165, 1.54) is 0 Å². The van der Waals surface area contributed by atoms with Crippen molar-refractivity contribution >= 4 is 41.5 Å². The SMILES string of the molecule is C=CCNC(=NC)NCc1cc(Cl)c2c(c1)OCCCO2.I. The maximum Gasteiger partial charge on any atom is 0.191 e. The Kier molecular flexibility index (Phi) is 8.40. The van der Waals surface area contributed by atoms with E-state index in [1.807, 2.05) is 12.1 Å². The second-order valence-corrected chi connectivity index (χ2v) is 4.96. The van der Waals surface area contributed by atoms with Gasteiger partial charge in [-0.2, -0.15) is 0 Å². The molecule has 1 aromatic rings. The molecule has 0 spiro atoms. The topological polar surface area (TPSA) is 54.9 Å². The van der Waals surface area contributed by atoms with E-state index in [2.05, 4.69) is 22.2 Å². The minimum Gasteiger partial charge on any atom is -0.489 e. The summed E-state index contributed by atoms with van der Waals surface area (Å²) < 4.78 is 11.3. The van der Waals surface area contributed by atoms with Crippen molar-refractivity contribution < 1.29 is 9.47 Å². The summed E-state index contributed by atoms with van der Waals surface area (Å²) in [4.78, 5) is 4.12. The third kappa shape index (κ3) is 5.24. The van der Waals surface area contributed by atoms with Crippen LogP contribution in [0.2, 0.25) is 5.02 Å². The molecule has 0 aliphatic carbocycles. The van der Waals surface area contributed by atoms with Crippen LogP contribution in [0.15, 0.2) is 29.8 Å². The molecule has 0 amide bonds. The number of aliphatic imine (C=N–C) groups is 1. The van der Waals surface area contributed by atoms with E-state index in [4.69, 9.17) is 21.1 Å². The van der Waals surface area contributed by atoms with Crippen LogP contribution < -0.4 is 20.1 Å². The standard InChI is InChI=1S/C15H20ClN3O2.HI/c1-3-5-18-15(17-2)19-10-11-8-12(16)14-13(9-11)20-6-4-7-21-14;/h3,8-9H,1,4-7,10H2,2H3,(H2,17,18,19);1H. The van der Waals surface area contributed by atoms with E-state index in [-0.39, 0.29) is 24.0 Å². The second-order valence-electron chi connectivity index (χ2n) is 4.55. The highest BCUT2D eigenvalue weighted by atomic mass is 127. The highest BCUT2D eigenvalue weighted by Crippen LogP contribution is 2.37. The van der Waals surface area contributed by atoms with Gasteiger partial charge in [-0.1, -0.05) is 17.7 Å². The van der Waals surface area contributed by atoms with E-state index in [0.29, 0.717) is 48.8 Å². The van der Waals surface area contributed by atoms with E-state index >= 15 is 0 Å². The van der Waals surface area contributed by atoms with Gasteiger partial charge in [0.25, 0.3) is 0 Å².